The maximum atomic E-state index is 10.2. The molecule has 3 saturated carbocycles. The summed E-state index contributed by atoms with van der Waals surface area (Å²) in [5.41, 5.74) is 2.60. The summed E-state index contributed by atoms with van der Waals surface area (Å²) in [7, 11) is 0. The molecule has 0 heterocycles. The van der Waals surface area contributed by atoms with Gasteiger partial charge in [0.2, 0.25) is 0 Å². The van der Waals surface area contributed by atoms with Crippen molar-refractivity contribution in [3.63, 3.8) is 0 Å². The van der Waals surface area contributed by atoms with Gasteiger partial charge in [0.05, 0.1) is 19.3 Å². The molecule has 0 bridgehead atoms. The van der Waals surface area contributed by atoms with Crippen molar-refractivity contribution in [2.24, 2.45) is 46.3 Å². The SMILES string of the molecule is CC(C)CCCC(C)[C@H]1CC[C@H]2[C@@H]3CC=C4C[C@@H](O)CC[C@]4(C)[C@H]3CC[C@]12C.OCC(O)CO. The summed E-state index contributed by atoms with van der Waals surface area (Å²) in [6.45, 7) is 11.8. The van der Waals surface area contributed by atoms with E-state index in [1.54, 1.807) is 5.57 Å². The monoisotopic (exact) mass is 478 g/mol. The third-order valence-electron chi connectivity index (χ3n) is 10.7. The van der Waals surface area contributed by atoms with Gasteiger partial charge in [0, 0.05) is 0 Å². The van der Waals surface area contributed by atoms with Crippen LogP contribution >= 0.6 is 0 Å². The van der Waals surface area contributed by atoms with Gasteiger partial charge in [-0.15, -0.1) is 0 Å². The lowest BCUT2D eigenvalue weighted by Crippen LogP contribution is -2.50. The van der Waals surface area contributed by atoms with E-state index in [0.29, 0.717) is 10.8 Å². The molecule has 0 saturated heterocycles. The Kier molecular flexibility index (Phi) is 9.73. The van der Waals surface area contributed by atoms with Gasteiger partial charge in [-0.05, 0) is 97.7 Å². The van der Waals surface area contributed by atoms with Crippen LogP contribution in [0.2, 0.25) is 0 Å². The fraction of sp³-hybridized carbons (Fsp3) is 0.933. The summed E-state index contributed by atoms with van der Waals surface area (Å²) in [6.07, 6.45) is 16.2. The van der Waals surface area contributed by atoms with E-state index in [4.69, 9.17) is 15.3 Å². The maximum Gasteiger partial charge on any atom is 0.100 e. The minimum absolute atomic E-state index is 0.0766. The zero-order valence-corrected chi connectivity index (χ0v) is 22.7. The molecule has 0 aromatic carbocycles. The lowest BCUT2D eigenvalue weighted by atomic mass is 9.47. The summed E-state index contributed by atoms with van der Waals surface area (Å²) in [6, 6.07) is 0. The standard InChI is InChI=1S/C27H46O.C3H8O3/c1-18(2)7-6-8-19(3)23-11-12-24-22-10-9-20-17-21(28)13-15-26(20,4)25(22)14-16-27(23,24)5;4-1-3(6)2-5/h9,18-19,21-25,28H,6-8,10-17H2,1-5H3;3-6H,1-2H2/t19?,21-,22-,23+,24-,25-,26-,27+;/m0./s1. The Bertz CT molecular complexity index is 671. The van der Waals surface area contributed by atoms with E-state index in [9.17, 15) is 5.11 Å². The van der Waals surface area contributed by atoms with Crippen molar-refractivity contribution in [3.05, 3.63) is 11.6 Å². The molecule has 0 amide bonds. The summed E-state index contributed by atoms with van der Waals surface area (Å²) in [5.74, 6) is 5.46. The molecular weight excluding hydrogens is 424 g/mol. The Labute approximate surface area is 209 Å². The van der Waals surface area contributed by atoms with Crippen molar-refractivity contribution in [1.82, 2.24) is 0 Å². The minimum atomic E-state index is -0.954. The quantitative estimate of drug-likeness (QED) is 0.353. The van der Waals surface area contributed by atoms with Gasteiger partial charge in [-0.3, -0.25) is 0 Å². The molecule has 8 atom stereocenters. The van der Waals surface area contributed by atoms with Crippen LogP contribution in [0.4, 0.5) is 0 Å². The Morgan fingerprint density at radius 1 is 0.941 bits per heavy atom. The molecule has 0 aromatic rings. The molecule has 3 fully saturated rings. The largest absolute Gasteiger partial charge is 0.394 e. The van der Waals surface area contributed by atoms with Crippen LogP contribution in [0.5, 0.6) is 0 Å². The van der Waals surface area contributed by atoms with Crippen LogP contribution in [-0.2, 0) is 0 Å². The summed E-state index contributed by atoms with van der Waals surface area (Å²) in [4.78, 5) is 0. The molecule has 0 radical (unpaired) electrons. The van der Waals surface area contributed by atoms with Gasteiger partial charge >= 0.3 is 0 Å². The van der Waals surface area contributed by atoms with Crippen LogP contribution in [0, 0.1) is 46.3 Å². The fourth-order valence-corrected chi connectivity index (χ4v) is 8.72. The molecule has 4 aliphatic rings. The van der Waals surface area contributed by atoms with Crippen molar-refractivity contribution < 1.29 is 20.4 Å². The molecule has 1 unspecified atom stereocenters. The van der Waals surface area contributed by atoms with E-state index in [-0.39, 0.29) is 19.3 Å². The van der Waals surface area contributed by atoms with Crippen molar-refractivity contribution in [2.45, 2.75) is 117 Å². The van der Waals surface area contributed by atoms with Crippen LogP contribution in [0.1, 0.15) is 105 Å². The summed E-state index contributed by atoms with van der Waals surface area (Å²) in [5, 5.41) is 34.2. The van der Waals surface area contributed by atoms with E-state index in [0.717, 1.165) is 48.3 Å². The molecule has 4 aliphatic carbocycles. The number of hydrogen-bond acceptors (Lipinski definition) is 4. The van der Waals surface area contributed by atoms with Crippen molar-refractivity contribution in [1.29, 1.82) is 0 Å². The number of fused-ring (bicyclic) bond motifs is 5. The second-order valence-electron chi connectivity index (χ2n) is 13.2. The van der Waals surface area contributed by atoms with Crippen LogP contribution in [0.15, 0.2) is 11.6 Å². The highest BCUT2D eigenvalue weighted by Gasteiger charge is 2.59. The first-order chi connectivity index (χ1) is 16.1. The summed E-state index contributed by atoms with van der Waals surface area (Å²) < 4.78 is 0. The Morgan fingerprint density at radius 3 is 2.26 bits per heavy atom. The fourth-order valence-electron chi connectivity index (χ4n) is 8.72. The third-order valence-corrected chi connectivity index (χ3v) is 10.7. The number of hydrogen-bond donors (Lipinski definition) is 4. The number of rotatable bonds is 7. The van der Waals surface area contributed by atoms with Gasteiger partial charge < -0.3 is 20.4 Å². The second-order valence-corrected chi connectivity index (χ2v) is 13.2. The van der Waals surface area contributed by atoms with Crippen LogP contribution < -0.4 is 0 Å². The normalized spacial score (nSPS) is 40.1. The molecule has 4 N–H and O–H groups in total. The molecule has 34 heavy (non-hydrogen) atoms. The smallest absolute Gasteiger partial charge is 0.100 e. The van der Waals surface area contributed by atoms with Gasteiger partial charge in [-0.25, -0.2) is 0 Å². The van der Waals surface area contributed by atoms with E-state index in [1.807, 2.05) is 0 Å². The predicted octanol–water partition coefficient (Wildman–Crippen LogP) is 5.72. The minimum Gasteiger partial charge on any atom is -0.394 e. The highest BCUT2D eigenvalue weighted by atomic mass is 16.3. The zero-order valence-electron chi connectivity index (χ0n) is 22.7. The van der Waals surface area contributed by atoms with E-state index < -0.39 is 6.10 Å². The molecule has 0 spiro atoms. The Balaban J connectivity index is 0.000000481. The molecule has 0 aliphatic heterocycles. The number of aliphatic hydroxyl groups excluding tert-OH is 4. The molecule has 4 heteroatoms. The molecular formula is C30H54O4. The Hall–Kier alpha value is -0.420. The van der Waals surface area contributed by atoms with Gasteiger partial charge in [0.1, 0.15) is 6.10 Å². The lowest BCUT2D eigenvalue weighted by Gasteiger charge is -2.58. The van der Waals surface area contributed by atoms with Gasteiger partial charge in [0.15, 0.2) is 0 Å². The average Bonchev–Trinajstić information content (AvgIpc) is 3.16. The molecule has 4 nitrogen and oxygen atoms in total. The Morgan fingerprint density at radius 2 is 1.65 bits per heavy atom. The van der Waals surface area contributed by atoms with E-state index in [2.05, 4.69) is 40.7 Å². The van der Waals surface area contributed by atoms with E-state index >= 15 is 0 Å². The van der Waals surface area contributed by atoms with Crippen LogP contribution in [-0.4, -0.2) is 45.8 Å². The number of allylic oxidation sites excluding steroid dienone is 1. The number of aliphatic hydroxyl groups is 4. The van der Waals surface area contributed by atoms with Gasteiger partial charge in [-0.1, -0.05) is 65.5 Å². The zero-order chi connectivity index (χ0) is 25.1. The van der Waals surface area contributed by atoms with Gasteiger partial charge in [0.25, 0.3) is 0 Å². The first-order valence-electron chi connectivity index (χ1n) is 14.3. The average molecular weight is 479 g/mol. The maximum absolute atomic E-state index is 10.2. The highest BCUT2D eigenvalue weighted by Crippen LogP contribution is 2.67. The molecule has 0 aromatic heterocycles. The molecule has 4 rings (SSSR count). The predicted molar refractivity (Wildman–Crippen MR) is 139 cm³/mol. The molecule has 198 valence electrons. The lowest BCUT2D eigenvalue weighted by molar-refractivity contribution is -0.0573. The first kappa shape index (κ1) is 28.2. The van der Waals surface area contributed by atoms with Crippen LogP contribution in [0.3, 0.4) is 0 Å². The second kappa shape index (κ2) is 11.8. The highest BCUT2D eigenvalue weighted by molar-refractivity contribution is 5.25. The third kappa shape index (κ3) is 5.76. The summed E-state index contributed by atoms with van der Waals surface area (Å²) >= 11 is 0. The van der Waals surface area contributed by atoms with Crippen LogP contribution in [0.25, 0.3) is 0 Å². The first-order valence-corrected chi connectivity index (χ1v) is 14.3. The van der Waals surface area contributed by atoms with Gasteiger partial charge in [-0.2, -0.15) is 0 Å². The van der Waals surface area contributed by atoms with Crippen molar-refractivity contribution in [3.8, 4) is 0 Å². The van der Waals surface area contributed by atoms with Crippen molar-refractivity contribution >= 4 is 0 Å². The van der Waals surface area contributed by atoms with Crippen molar-refractivity contribution in [2.75, 3.05) is 13.2 Å². The topological polar surface area (TPSA) is 80.9 Å². The van der Waals surface area contributed by atoms with E-state index in [1.165, 1.54) is 57.8 Å².